The normalized spacial score (nSPS) is 24.5. The predicted octanol–water partition coefficient (Wildman–Crippen LogP) is 1.80. The molecule has 2 N–H and O–H groups in total. The summed E-state index contributed by atoms with van der Waals surface area (Å²) in [7, 11) is -3.19. The fourth-order valence-corrected chi connectivity index (χ4v) is 3.78. The van der Waals surface area contributed by atoms with Crippen LogP contribution in [0.2, 0.25) is 0 Å². The van der Waals surface area contributed by atoms with Crippen LogP contribution in [-0.2, 0) is 9.84 Å². The Labute approximate surface area is 115 Å². The number of nitrogens with zero attached hydrogens (tertiary/aromatic N) is 1. The second kappa shape index (κ2) is 5.51. The molecule has 0 amide bonds. The largest absolute Gasteiger partial charge is 0.368 e. The minimum Gasteiger partial charge on any atom is -0.368 e. The Morgan fingerprint density at radius 2 is 2.05 bits per heavy atom. The summed E-state index contributed by atoms with van der Waals surface area (Å²) in [6.07, 6.45) is 1.81. The van der Waals surface area contributed by atoms with Crippen molar-refractivity contribution in [1.82, 2.24) is 0 Å². The van der Waals surface area contributed by atoms with E-state index >= 15 is 0 Å². The van der Waals surface area contributed by atoms with Crippen molar-refractivity contribution in [1.29, 1.82) is 0 Å². The van der Waals surface area contributed by atoms with Crippen LogP contribution in [0.3, 0.4) is 0 Å². The zero-order chi connectivity index (χ0) is 14.0. The van der Waals surface area contributed by atoms with Gasteiger partial charge in [0, 0.05) is 18.6 Å². The van der Waals surface area contributed by atoms with E-state index in [9.17, 15) is 8.42 Å². The van der Waals surface area contributed by atoms with Crippen LogP contribution in [0.25, 0.3) is 0 Å². The summed E-state index contributed by atoms with van der Waals surface area (Å²) in [4.78, 5) is 2.62. The first kappa shape index (κ1) is 14.3. The van der Waals surface area contributed by atoms with Crippen LogP contribution >= 0.6 is 0 Å². The van der Waals surface area contributed by atoms with E-state index in [2.05, 4.69) is 11.8 Å². The number of piperidine rings is 1. The van der Waals surface area contributed by atoms with Crippen molar-refractivity contribution in [3.05, 3.63) is 24.3 Å². The van der Waals surface area contributed by atoms with Gasteiger partial charge >= 0.3 is 0 Å². The van der Waals surface area contributed by atoms with Crippen LogP contribution in [0.15, 0.2) is 29.2 Å². The minimum atomic E-state index is -3.19. The zero-order valence-corrected chi connectivity index (χ0v) is 12.4. The first-order chi connectivity index (χ1) is 8.95. The van der Waals surface area contributed by atoms with Crippen molar-refractivity contribution in [2.45, 2.75) is 43.7 Å². The third kappa shape index (κ3) is 2.92. The highest BCUT2D eigenvalue weighted by molar-refractivity contribution is 7.91. The lowest BCUT2D eigenvalue weighted by Gasteiger charge is -2.39. The Balaban J connectivity index is 2.41. The summed E-state index contributed by atoms with van der Waals surface area (Å²) in [5.74, 6) is 0.131. The second-order valence-electron chi connectivity index (χ2n) is 5.20. The van der Waals surface area contributed by atoms with Gasteiger partial charge in [-0.1, -0.05) is 19.1 Å². The molecular weight excluding hydrogens is 260 g/mol. The van der Waals surface area contributed by atoms with E-state index in [1.165, 1.54) is 0 Å². The third-order valence-electron chi connectivity index (χ3n) is 3.81. The molecule has 2 unspecified atom stereocenters. The molecule has 1 saturated heterocycles. The molecule has 0 spiro atoms. The summed E-state index contributed by atoms with van der Waals surface area (Å²) in [6.45, 7) is 4.61. The highest BCUT2D eigenvalue weighted by atomic mass is 32.2. The number of anilines is 1. The molecule has 5 heteroatoms. The zero-order valence-electron chi connectivity index (χ0n) is 11.5. The van der Waals surface area contributed by atoms with Crippen LogP contribution in [0.1, 0.15) is 26.7 Å². The fraction of sp³-hybridized carbons (Fsp3) is 0.571. The van der Waals surface area contributed by atoms with Crippen LogP contribution in [0.4, 0.5) is 5.69 Å². The number of sulfone groups is 1. The average molecular weight is 282 g/mol. The van der Waals surface area contributed by atoms with Gasteiger partial charge in [-0.2, -0.15) is 0 Å². The first-order valence-electron chi connectivity index (χ1n) is 6.79. The average Bonchev–Trinajstić information content (AvgIpc) is 2.39. The van der Waals surface area contributed by atoms with Gasteiger partial charge in [-0.05, 0) is 31.9 Å². The predicted molar refractivity (Wildman–Crippen MR) is 78.2 cm³/mol. The highest BCUT2D eigenvalue weighted by Crippen LogP contribution is 2.30. The van der Waals surface area contributed by atoms with Crippen molar-refractivity contribution in [2.75, 3.05) is 17.2 Å². The number of para-hydroxylation sites is 1. The number of nitrogens with two attached hydrogens (primary N) is 1. The molecule has 1 aliphatic heterocycles. The van der Waals surface area contributed by atoms with Gasteiger partial charge in [0.2, 0.25) is 0 Å². The second-order valence-corrected chi connectivity index (χ2v) is 7.44. The summed E-state index contributed by atoms with van der Waals surface area (Å²) >= 11 is 0. The molecule has 1 aliphatic rings. The topological polar surface area (TPSA) is 63.4 Å². The van der Waals surface area contributed by atoms with E-state index in [1.54, 1.807) is 19.1 Å². The molecule has 0 aliphatic carbocycles. The molecule has 0 radical (unpaired) electrons. The van der Waals surface area contributed by atoms with Gasteiger partial charge in [-0.25, -0.2) is 8.42 Å². The monoisotopic (exact) mass is 282 g/mol. The van der Waals surface area contributed by atoms with E-state index in [0.717, 1.165) is 25.1 Å². The summed E-state index contributed by atoms with van der Waals surface area (Å²) in [5, 5.41) is 0. The van der Waals surface area contributed by atoms with E-state index in [1.807, 2.05) is 12.1 Å². The Kier molecular flexibility index (Phi) is 4.16. The molecule has 2 atom stereocenters. The number of hydrogen-bond acceptors (Lipinski definition) is 4. The lowest BCUT2D eigenvalue weighted by Crippen LogP contribution is -2.46. The fourth-order valence-electron chi connectivity index (χ4n) is 2.68. The Bertz CT molecular complexity index is 542. The molecule has 0 aromatic heterocycles. The lowest BCUT2D eigenvalue weighted by atomic mass is 9.98. The summed E-state index contributed by atoms with van der Waals surface area (Å²) < 4.78 is 24.4. The summed E-state index contributed by atoms with van der Waals surface area (Å²) in [5.41, 5.74) is 6.79. The molecule has 0 bridgehead atoms. The van der Waals surface area contributed by atoms with Crippen molar-refractivity contribution < 1.29 is 8.42 Å². The maximum atomic E-state index is 12.2. The molecule has 4 nitrogen and oxygen atoms in total. The summed E-state index contributed by atoms with van der Waals surface area (Å²) in [6, 6.07) is 7.78. The Hall–Kier alpha value is -1.07. The van der Waals surface area contributed by atoms with Crippen molar-refractivity contribution in [2.24, 2.45) is 5.73 Å². The van der Waals surface area contributed by atoms with Crippen LogP contribution in [0.5, 0.6) is 0 Å². The molecule has 1 aromatic carbocycles. The molecule has 106 valence electrons. The molecule has 2 rings (SSSR count). The standard InChI is InChI=1S/C14H22N2O2S/c1-3-19(17,18)14-7-5-4-6-13(14)16-9-8-12(15)10-11(16)2/h4-7,11-12H,3,8-10,15H2,1-2H3. The van der Waals surface area contributed by atoms with Crippen LogP contribution in [0, 0.1) is 0 Å². The highest BCUT2D eigenvalue weighted by Gasteiger charge is 2.27. The van der Waals surface area contributed by atoms with E-state index in [0.29, 0.717) is 4.90 Å². The number of hydrogen-bond donors (Lipinski definition) is 1. The smallest absolute Gasteiger partial charge is 0.180 e. The molecule has 1 aromatic rings. The van der Waals surface area contributed by atoms with Gasteiger partial charge in [0.1, 0.15) is 0 Å². The Morgan fingerprint density at radius 3 is 2.68 bits per heavy atom. The van der Waals surface area contributed by atoms with E-state index < -0.39 is 9.84 Å². The van der Waals surface area contributed by atoms with Crippen molar-refractivity contribution >= 4 is 15.5 Å². The van der Waals surface area contributed by atoms with Gasteiger partial charge in [-0.3, -0.25) is 0 Å². The molecule has 1 heterocycles. The van der Waals surface area contributed by atoms with Crippen LogP contribution in [-0.4, -0.2) is 32.8 Å². The third-order valence-corrected chi connectivity index (χ3v) is 5.58. The molecule has 0 saturated carbocycles. The number of rotatable bonds is 3. The van der Waals surface area contributed by atoms with Crippen molar-refractivity contribution in [3.63, 3.8) is 0 Å². The maximum absolute atomic E-state index is 12.2. The van der Waals surface area contributed by atoms with Gasteiger partial charge in [0.25, 0.3) is 0 Å². The van der Waals surface area contributed by atoms with Crippen LogP contribution < -0.4 is 10.6 Å². The van der Waals surface area contributed by atoms with Gasteiger partial charge < -0.3 is 10.6 Å². The van der Waals surface area contributed by atoms with Crippen molar-refractivity contribution in [3.8, 4) is 0 Å². The van der Waals surface area contributed by atoms with E-state index in [4.69, 9.17) is 5.73 Å². The molecule has 19 heavy (non-hydrogen) atoms. The molecular formula is C14H22N2O2S. The number of benzene rings is 1. The van der Waals surface area contributed by atoms with Gasteiger partial charge in [-0.15, -0.1) is 0 Å². The van der Waals surface area contributed by atoms with Gasteiger partial charge in [0.15, 0.2) is 9.84 Å². The first-order valence-corrected chi connectivity index (χ1v) is 8.45. The SMILES string of the molecule is CCS(=O)(=O)c1ccccc1N1CCC(N)CC1C. The molecule has 1 fully saturated rings. The quantitative estimate of drug-likeness (QED) is 0.918. The maximum Gasteiger partial charge on any atom is 0.180 e. The Morgan fingerprint density at radius 1 is 1.37 bits per heavy atom. The van der Waals surface area contributed by atoms with Gasteiger partial charge in [0.05, 0.1) is 16.3 Å². The van der Waals surface area contributed by atoms with E-state index in [-0.39, 0.29) is 17.8 Å². The minimum absolute atomic E-state index is 0.131. The lowest BCUT2D eigenvalue weighted by molar-refractivity contribution is 0.428.